The van der Waals surface area contributed by atoms with E-state index in [9.17, 15) is 0 Å². The van der Waals surface area contributed by atoms with Crippen molar-refractivity contribution in [1.82, 2.24) is 0 Å². The first-order chi connectivity index (χ1) is 26.8. The summed E-state index contributed by atoms with van der Waals surface area (Å²) in [7, 11) is 0. The van der Waals surface area contributed by atoms with Gasteiger partial charge in [0.15, 0.2) is 0 Å². The Balaban J connectivity index is 1.23. The molecule has 11 aromatic carbocycles. The molecule has 0 atom stereocenters. The van der Waals surface area contributed by atoms with Crippen molar-refractivity contribution >= 4 is 64.6 Å². The van der Waals surface area contributed by atoms with Gasteiger partial charge in [-0.05, 0) is 133 Å². The molecule has 0 heterocycles. The third kappa shape index (κ3) is 4.85. The number of hydrogen-bond acceptors (Lipinski definition) is 0. The molecule has 11 aromatic rings. The average molecular weight is 683 g/mol. The Labute approximate surface area is 314 Å². The van der Waals surface area contributed by atoms with Crippen LogP contribution in [0.3, 0.4) is 0 Å². The van der Waals surface area contributed by atoms with Gasteiger partial charge in [0, 0.05) is 0 Å². The monoisotopic (exact) mass is 682 g/mol. The molecular weight excluding hydrogens is 649 g/mol. The van der Waals surface area contributed by atoms with E-state index in [2.05, 4.69) is 206 Å². The van der Waals surface area contributed by atoms with Gasteiger partial charge in [0.2, 0.25) is 0 Å². The summed E-state index contributed by atoms with van der Waals surface area (Å²) in [6.45, 7) is 0. The molecule has 0 nitrogen and oxygen atoms in total. The minimum absolute atomic E-state index is 1.22. The van der Waals surface area contributed by atoms with E-state index in [1.165, 1.54) is 109 Å². The molecule has 0 N–H and O–H groups in total. The molecule has 0 saturated carbocycles. The Morgan fingerprint density at radius 2 is 0.759 bits per heavy atom. The van der Waals surface area contributed by atoms with Crippen LogP contribution in [0, 0.1) is 0 Å². The molecule has 0 aliphatic heterocycles. The van der Waals surface area contributed by atoms with Crippen LogP contribution < -0.4 is 0 Å². The number of benzene rings is 11. The summed E-state index contributed by atoms with van der Waals surface area (Å²) in [5.74, 6) is 0. The van der Waals surface area contributed by atoms with Crippen molar-refractivity contribution in [2.24, 2.45) is 0 Å². The van der Waals surface area contributed by atoms with Gasteiger partial charge in [0.1, 0.15) is 0 Å². The number of rotatable bonds is 4. The van der Waals surface area contributed by atoms with Gasteiger partial charge >= 0.3 is 0 Å². The van der Waals surface area contributed by atoms with E-state index in [0.29, 0.717) is 0 Å². The molecule has 0 unspecified atom stereocenters. The molecule has 0 spiro atoms. The van der Waals surface area contributed by atoms with Crippen molar-refractivity contribution < 1.29 is 0 Å². The predicted molar refractivity (Wildman–Crippen MR) is 233 cm³/mol. The van der Waals surface area contributed by atoms with Gasteiger partial charge in [0.25, 0.3) is 0 Å². The van der Waals surface area contributed by atoms with Crippen LogP contribution in [0.4, 0.5) is 0 Å². The van der Waals surface area contributed by atoms with Crippen molar-refractivity contribution in [3.8, 4) is 44.5 Å². The minimum atomic E-state index is 1.22. The van der Waals surface area contributed by atoms with Crippen LogP contribution >= 0.6 is 0 Å². The fourth-order valence-electron chi connectivity index (χ4n) is 8.91. The smallest absolute Gasteiger partial charge is 0.00201 e. The Kier molecular flexibility index (Phi) is 6.97. The number of hydrogen-bond donors (Lipinski definition) is 0. The molecule has 0 radical (unpaired) electrons. The van der Waals surface area contributed by atoms with E-state index in [-0.39, 0.29) is 0 Å². The van der Waals surface area contributed by atoms with Crippen LogP contribution in [-0.2, 0) is 0 Å². The second kappa shape index (κ2) is 12.3. The van der Waals surface area contributed by atoms with Gasteiger partial charge in [-0.2, -0.15) is 0 Å². The van der Waals surface area contributed by atoms with Gasteiger partial charge in [-0.3, -0.25) is 0 Å². The second-order valence-corrected chi connectivity index (χ2v) is 14.4. The zero-order valence-corrected chi connectivity index (χ0v) is 29.6. The molecule has 0 heteroatoms. The Morgan fingerprint density at radius 3 is 1.61 bits per heavy atom. The summed E-state index contributed by atoms with van der Waals surface area (Å²) in [4.78, 5) is 0. The normalized spacial score (nSPS) is 11.7. The summed E-state index contributed by atoms with van der Waals surface area (Å²) in [6.07, 6.45) is 0. The molecular formula is C54H34. The molecule has 0 saturated heterocycles. The zero-order valence-electron chi connectivity index (χ0n) is 29.6. The Bertz CT molecular complexity index is 3250. The molecule has 0 fully saturated rings. The summed E-state index contributed by atoms with van der Waals surface area (Å²) in [5.41, 5.74) is 9.92. The van der Waals surface area contributed by atoms with Gasteiger partial charge in [-0.1, -0.05) is 182 Å². The van der Waals surface area contributed by atoms with E-state index in [4.69, 9.17) is 0 Å². The first-order valence-electron chi connectivity index (χ1n) is 18.8. The van der Waals surface area contributed by atoms with Gasteiger partial charge in [-0.15, -0.1) is 0 Å². The van der Waals surface area contributed by atoms with E-state index < -0.39 is 0 Å². The Hall–Kier alpha value is -7.02. The van der Waals surface area contributed by atoms with Crippen molar-refractivity contribution in [2.45, 2.75) is 0 Å². The lowest BCUT2D eigenvalue weighted by molar-refractivity contribution is 1.61. The molecule has 250 valence electrons. The lowest BCUT2D eigenvalue weighted by Crippen LogP contribution is -1.93. The van der Waals surface area contributed by atoms with Crippen LogP contribution in [0.15, 0.2) is 206 Å². The highest BCUT2D eigenvalue weighted by molar-refractivity contribution is 6.24. The van der Waals surface area contributed by atoms with Crippen LogP contribution in [0.25, 0.3) is 109 Å². The van der Waals surface area contributed by atoms with Crippen molar-refractivity contribution in [1.29, 1.82) is 0 Å². The SMILES string of the molecule is c1ccc(-c2cccc(-c3c4ccccc4c(-c4cccc5ccccc45)c4ccc(-c5cccc6c5ccc5cc7ccccc7cc56)cc34)c2)cc1. The van der Waals surface area contributed by atoms with E-state index in [1.807, 2.05) is 0 Å². The van der Waals surface area contributed by atoms with Gasteiger partial charge < -0.3 is 0 Å². The fourth-order valence-corrected chi connectivity index (χ4v) is 8.91. The zero-order chi connectivity index (χ0) is 35.6. The largest absolute Gasteiger partial charge is 0.0622 e. The highest BCUT2D eigenvalue weighted by Gasteiger charge is 2.20. The van der Waals surface area contributed by atoms with Crippen molar-refractivity contribution in [2.75, 3.05) is 0 Å². The maximum absolute atomic E-state index is 2.46. The molecule has 11 rings (SSSR count). The summed E-state index contributed by atoms with van der Waals surface area (Å²) >= 11 is 0. The molecule has 0 aliphatic carbocycles. The summed E-state index contributed by atoms with van der Waals surface area (Å²) in [5, 5.41) is 15.2. The lowest BCUT2D eigenvalue weighted by atomic mass is 9.83. The minimum Gasteiger partial charge on any atom is -0.0622 e. The highest BCUT2D eigenvalue weighted by Crippen LogP contribution is 2.47. The van der Waals surface area contributed by atoms with Crippen molar-refractivity contribution in [3.63, 3.8) is 0 Å². The maximum Gasteiger partial charge on any atom is -0.00201 e. The fraction of sp³-hybridized carbons (Fsp3) is 0. The van der Waals surface area contributed by atoms with Crippen LogP contribution in [-0.4, -0.2) is 0 Å². The third-order valence-electron chi connectivity index (χ3n) is 11.4. The van der Waals surface area contributed by atoms with Gasteiger partial charge in [0.05, 0.1) is 0 Å². The topological polar surface area (TPSA) is 0 Å². The van der Waals surface area contributed by atoms with E-state index >= 15 is 0 Å². The molecule has 0 amide bonds. The lowest BCUT2D eigenvalue weighted by Gasteiger charge is -2.20. The highest BCUT2D eigenvalue weighted by atomic mass is 14.2. The molecule has 0 aromatic heterocycles. The van der Waals surface area contributed by atoms with Crippen molar-refractivity contribution in [3.05, 3.63) is 206 Å². The van der Waals surface area contributed by atoms with Crippen LogP contribution in [0.5, 0.6) is 0 Å². The maximum atomic E-state index is 2.46. The molecule has 54 heavy (non-hydrogen) atoms. The average Bonchev–Trinajstić information content (AvgIpc) is 3.24. The number of fused-ring (bicyclic) bond motifs is 7. The predicted octanol–water partition coefficient (Wildman–Crippen LogP) is 15.3. The molecule has 0 bridgehead atoms. The van der Waals surface area contributed by atoms with Gasteiger partial charge in [-0.25, -0.2) is 0 Å². The van der Waals surface area contributed by atoms with Crippen LogP contribution in [0.1, 0.15) is 0 Å². The van der Waals surface area contributed by atoms with Crippen LogP contribution in [0.2, 0.25) is 0 Å². The van der Waals surface area contributed by atoms with E-state index in [0.717, 1.165) is 0 Å². The Morgan fingerprint density at radius 1 is 0.185 bits per heavy atom. The summed E-state index contributed by atoms with van der Waals surface area (Å²) < 4.78 is 0. The molecule has 0 aliphatic rings. The first kappa shape index (κ1) is 30.6. The van der Waals surface area contributed by atoms with E-state index in [1.54, 1.807) is 0 Å². The quantitative estimate of drug-likeness (QED) is 0.128. The third-order valence-corrected chi connectivity index (χ3v) is 11.4. The summed E-state index contributed by atoms with van der Waals surface area (Å²) in [6, 6.07) is 76.2. The first-order valence-corrected chi connectivity index (χ1v) is 18.8. The second-order valence-electron chi connectivity index (χ2n) is 14.4. The standard InChI is InChI=1S/C54H34/c1-2-13-35(14-3-1)37-19-10-20-42(32-37)53-48-22-8-9-23-49(48)54(47-26-11-18-36-15-6-7-21-43(36)47)50-30-28-41(34-52(50)53)44-24-12-25-45-46(44)29-27-40-31-38-16-4-5-17-39(38)33-51(40)45/h1-34H.